The number of rotatable bonds is 9. The lowest BCUT2D eigenvalue weighted by molar-refractivity contribution is -0.131. The summed E-state index contributed by atoms with van der Waals surface area (Å²) in [5, 5.41) is 11.5. The van der Waals surface area contributed by atoms with Crippen LogP contribution in [-0.4, -0.2) is 97.4 Å². The summed E-state index contributed by atoms with van der Waals surface area (Å²) >= 11 is 6.61. The standard InChI is InChI=1S/C34H38ClF2N7O3/c1-22(36)32(45)44-17-16-43(18-24(44)10-13-38)31-25-11-15-42(30-27(37)9-8-23-6-4-7-26(35)29(23)30)19-28(25)39-33(40-31)47-21-34(20-46-3)12-5-14-41(34)2/h4,6-9,24H,1,5,10-12,14-21H2,2-3H3/t24-,34-/m0/s1. The molecular formula is C34H38ClF2N7O3. The highest BCUT2D eigenvalue weighted by molar-refractivity contribution is 6.36. The molecule has 3 aliphatic rings. The van der Waals surface area contributed by atoms with Crippen LogP contribution in [0, 0.1) is 17.1 Å². The quantitative estimate of drug-likeness (QED) is 0.296. The van der Waals surface area contributed by atoms with Crippen LogP contribution < -0.4 is 14.5 Å². The molecule has 1 amide bonds. The van der Waals surface area contributed by atoms with Gasteiger partial charge in [-0.2, -0.15) is 15.2 Å². The fourth-order valence-electron chi connectivity index (χ4n) is 7.20. The number of amides is 1. The minimum absolute atomic E-state index is 0.0208. The number of aromatic nitrogens is 2. The van der Waals surface area contributed by atoms with E-state index in [9.17, 15) is 14.4 Å². The Morgan fingerprint density at radius 2 is 2.00 bits per heavy atom. The zero-order valence-electron chi connectivity index (χ0n) is 26.6. The Hall–Kier alpha value is -4.05. The maximum absolute atomic E-state index is 15.6. The number of hydrogen-bond donors (Lipinski definition) is 0. The van der Waals surface area contributed by atoms with Gasteiger partial charge in [0, 0.05) is 44.2 Å². The monoisotopic (exact) mass is 665 g/mol. The Labute approximate surface area is 278 Å². The summed E-state index contributed by atoms with van der Waals surface area (Å²) in [4.78, 5) is 29.9. The number of methoxy groups -OCH3 is 1. The van der Waals surface area contributed by atoms with E-state index in [4.69, 9.17) is 31.0 Å². The zero-order chi connectivity index (χ0) is 33.3. The van der Waals surface area contributed by atoms with Crippen LogP contribution in [0.1, 0.15) is 30.5 Å². The predicted octanol–water partition coefficient (Wildman–Crippen LogP) is 4.89. The van der Waals surface area contributed by atoms with E-state index < -0.39 is 17.8 Å². The maximum Gasteiger partial charge on any atom is 0.318 e. The molecule has 2 aromatic carbocycles. The lowest BCUT2D eigenvalue weighted by Gasteiger charge is -2.42. The van der Waals surface area contributed by atoms with E-state index in [-0.39, 0.29) is 43.4 Å². The number of piperazine rings is 1. The molecule has 2 fully saturated rings. The van der Waals surface area contributed by atoms with Crippen LogP contribution in [0.5, 0.6) is 6.01 Å². The first-order valence-corrected chi connectivity index (χ1v) is 16.2. The molecule has 47 heavy (non-hydrogen) atoms. The Morgan fingerprint density at radius 1 is 1.17 bits per heavy atom. The SMILES string of the molecule is C=C(F)C(=O)N1CCN(c2nc(OC[C@@]3(COC)CCCN3C)nc3c2CCN(c2c(F)ccc4cccc(Cl)c24)C3)C[C@@H]1CC#N. The van der Waals surface area contributed by atoms with Crippen molar-refractivity contribution in [3.63, 3.8) is 0 Å². The molecule has 0 N–H and O–H groups in total. The number of benzene rings is 2. The fraction of sp³-hybridized carbons (Fsp3) is 0.471. The predicted molar refractivity (Wildman–Crippen MR) is 176 cm³/mol. The van der Waals surface area contributed by atoms with Crippen LogP contribution in [0.25, 0.3) is 10.8 Å². The number of fused-ring (bicyclic) bond motifs is 2. The number of ether oxygens (including phenoxy) is 2. The molecule has 6 rings (SSSR count). The van der Waals surface area contributed by atoms with Gasteiger partial charge in [0.05, 0.1) is 53.6 Å². The fourth-order valence-corrected chi connectivity index (χ4v) is 7.48. The van der Waals surface area contributed by atoms with Gasteiger partial charge in [0.25, 0.3) is 5.91 Å². The van der Waals surface area contributed by atoms with Crippen molar-refractivity contribution in [2.75, 3.05) is 69.9 Å². The Balaban J connectivity index is 1.38. The van der Waals surface area contributed by atoms with Gasteiger partial charge in [-0.05, 0) is 50.4 Å². The van der Waals surface area contributed by atoms with Gasteiger partial charge in [0.1, 0.15) is 18.2 Å². The van der Waals surface area contributed by atoms with Crippen LogP contribution in [0.3, 0.4) is 0 Å². The summed E-state index contributed by atoms with van der Waals surface area (Å²) in [6.07, 6.45) is 2.44. The van der Waals surface area contributed by atoms with E-state index in [2.05, 4.69) is 24.6 Å². The summed E-state index contributed by atoms with van der Waals surface area (Å²) in [6, 6.07) is 10.4. The maximum atomic E-state index is 15.6. The molecule has 2 saturated heterocycles. The Kier molecular flexibility index (Phi) is 9.50. The van der Waals surface area contributed by atoms with Crippen molar-refractivity contribution in [3.05, 3.63) is 64.8 Å². The summed E-state index contributed by atoms with van der Waals surface area (Å²) in [5.41, 5.74) is 1.66. The molecule has 0 unspecified atom stereocenters. The first-order chi connectivity index (χ1) is 22.7. The summed E-state index contributed by atoms with van der Waals surface area (Å²) < 4.78 is 41.4. The second-order valence-electron chi connectivity index (χ2n) is 12.5. The molecule has 0 bridgehead atoms. The number of anilines is 2. The van der Waals surface area contributed by atoms with Gasteiger partial charge < -0.3 is 24.2 Å². The molecule has 0 aliphatic carbocycles. The average molecular weight is 666 g/mol. The lowest BCUT2D eigenvalue weighted by Crippen LogP contribution is -2.56. The molecule has 10 nitrogen and oxygen atoms in total. The second kappa shape index (κ2) is 13.6. The van der Waals surface area contributed by atoms with E-state index in [1.165, 1.54) is 11.0 Å². The van der Waals surface area contributed by atoms with Crippen molar-refractivity contribution in [2.24, 2.45) is 0 Å². The number of nitriles is 1. The molecule has 3 aliphatic heterocycles. The van der Waals surface area contributed by atoms with Crippen molar-refractivity contribution >= 4 is 39.8 Å². The minimum Gasteiger partial charge on any atom is -0.461 e. The van der Waals surface area contributed by atoms with Gasteiger partial charge in [0.15, 0.2) is 5.83 Å². The van der Waals surface area contributed by atoms with Crippen molar-refractivity contribution in [1.82, 2.24) is 19.8 Å². The van der Waals surface area contributed by atoms with E-state index >= 15 is 4.39 Å². The highest BCUT2D eigenvalue weighted by Crippen LogP contribution is 2.39. The van der Waals surface area contributed by atoms with Gasteiger partial charge in [0.2, 0.25) is 0 Å². The molecule has 13 heteroatoms. The van der Waals surface area contributed by atoms with Gasteiger partial charge in [-0.25, -0.2) is 8.78 Å². The van der Waals surface area contributed by atoms with Crippen LogP contribution in [0.4, 0.5) is 20.3 Å². The van der Waals surface area contributed by atoms with Crippen LogP contribution in [0.15, 0.2) is 42.7 Å². The smallest absolute Gasteiger partial charge is 0.318 e. The number of likely N-dealkylation sites (tertiary alicyclic amines) is 1. The molecule has 248 valence electrons. The first kappa shape index (κ1) is 32.9. The molecule has 3 aromatic rings. The molecule has 0 saturated carbocycles. The van der Waals surface area contributed by atoms with Crippen LogP contribution in [0.2, 0.25) is 5.02 Å². The number of likely N-dealkylation sites (N-methyl/N-ethyl adjacent to an activating group) is 1. The van der Waals surface area contributed by atoms with Crippen molar-refractivity contribution in [3.8, 4) is 12.1 Å². The third-order valence-electron chi connectivity index (χ3n) is 9.69. The number of carbonyl (C=O) groups is 1. The Bertz CT molecular complexity index is 1740. The first-order valence-electron chi connectivity index (χ1n) is 15.8. The van der Waals surface area contributed by atoms with E-state index in [1.807, 2.05) is 21.9 Å². The van der Waals surface area contributed by atoms with E-state index in [1.54, 1.807) is 19.2 Å². The third kappa shape index (κ3) is 6.32. The number of carbonyl (C=O) groups excluding carboxylic acids is 1. The molecule has 0 spiro atoms. The normalized spacial score (nSPS) is 21.5. The van der Waals surface area contributed by atoms with Crippen molar-refractivity contribution in [1.29, 1.82) is 5.26 Å². The number of halogens is 3. The highest BCUT2D eigenvalue weighted by atomic mass is 35.5. The molecule has 4 heterocycles. The highest BCUT2D eigenvalue weighted by Gasteiger charge is 2.41. The van der Waals surface area contributed by atoms with Crippen LogP contribution >= 0.6 is 11.6 Å². The van der Waals surface area contributed by atoms with E-state index in [0.29, 0.717) is 60.3 Å². The lowest BCUT2D eigenvalue weighted by atomic mass is 9.99. The van der Waals surface area contributed by atoms with Crippen molar-refractivity contribution in [2.45, 2.75) is 43.8 Å². The Morgan fingerprint density at radius 3 is 2.72 bits per heavy atom. The summed E-state index contributed by atoms with van der Waals surface area (Å²) in [5.74, 6) is -1.61. The summed E-state index contributed by atoms with van der Waals surface area (Å²) in [7, 11) is 3.73. The van der Waals surface area contributed by atoms with Gasteiger partial charge in [-0.1, -0.05) is 36.4 Å². The third-order valence-corrected chi connectivity index (χ3v) is 10.0. The zero-order valence-corrected chi connectivity index (χ0v) is 27.4. The second-order valence-corrected chi connectivity index (χ2v) is 12.9. The number of nitrogens with zero attached hydrogens (tertiary/aromatic N) is 7. The number of hydrogen-bond acceptors (Lipinski definition) is 9. The topological polar surface area (TPSA) is 98.1 Å². The van der Waals surface area contributed by atoms with E-state index in [0.717, 1.165) is 30.3 Å². The van der Waals surface area contributed by atoms with Gasteiger partial charge >= 0.3 is 6.01 Å². The summed E-state index contributed by atoms with van der Waals surface area (Å²) in [6.45, 7) is 6.47. The molecular weight excluding hydrogens is 628 g/mol. The van der Waals surface area contributed by atoms with Crippen molar-refractivity contribution < 1.29 is 23.0 Å². The van der Waals surface area contributed by atoms with Crippen LogP contribution in [-0.2, 0) is 22.5 Å². The largest absolute Gasteiger partial charge is 0.461 e. The molecule has 2 atom stereocenters. The molecule has 0 radical (unpaired) electrons. The minimum atomic E-state index is -1.06. The average Bonchev–Trinajstić information content (AvgIpc) is 3.42. The molecule has 1 aromatic heterocycles. The van der Waals surface area contributed by atoms with Gasteiger partial charge in [-0.3, -0.25) is 9.69 Å². The van der Waals surface area contributed by atoms with Gasteiger partial charge in [-0.15, -0.1) is 0 Å².